The van der Waals surface area contributed by atoms with Gasteiger partial charge in [-0.25, -0.2) is 4.98 Å². The van der Waals surface area contributed by atoms with E-state index in [1.165, 1.54) is 35.6 Å². The molecule has 2 nitrogen and oxygen atoms in total. The lowest BCUT2D eigenvalue weighted by Gasteiger charge is -2.10. The zero-order valence-corrected chi connectivity index (χ0v) is 13.2. The molecule has 3 rings (SSSR count). The fourth-order valence-corrected chi connectivity index (χ4v) is 4.56. The largest absolute Gasteiger partial charge is 0.303 e. The van der Waals surface area contributed by atoms with Crippen molar-refractivity contribution < 1.29 is 0 Å². The average molecular weight is 292 g/mol. The number of hydrogen-bond donors (Lipinski definition) is 1. The van der Waals surface area contributed by atoms with Crippen LogP contribution in [0.2, 0.25) is 0 Å². The minimum Gasteiger partial charge on any atom is -0.303 e. The standard InChI is InChI=1S/C15H20N2S2/c1-10-9-18-15(17-10)8-16-11(2)14-7-12-5-3-4-6-13(12)19-14/h7,9,11,16H,3-6,8H2,1-2H3. The number of fused-ring (bicyclic) bond motifs is 1. The van der Waals surface area contributed by atoms with Crippen molar-refractivity contribution in [3.05, 3.63) is 37.5 Å². The van der Waals surface area contributed by atoms with Crippen molar-refractivity contribution >= 4 is 22.7 Å². The molecule has 2 aromatic rings. The number of rotatable bonds is 4. The summed E-state index contributed by atoms with van der Waals surface area (Å²) in [6.07, 6.45) is 5.30. The summed E-state index contributed by atoms with van der Waals surface area (Å²) in [4.78, 5) is 7.61. The maximum absolute atomic E-state index is 4.50. The Kier molecular flexibility index (Phi) is 4.01. The smallest absolute Gasteiger partial charge is 0.107 e. The maximum atomic E-state index is 4.50. The average Bonchev–Trinajstić information content (AvgIpc) is 3.01. The highest BCUT2D eigenvalue weighted by atomic mass is 32.1. The summed E-state index contributed by atoms with van der Waals surface area (Å²) in [5.74, 6) is 0. The van der Waals surface area contributed by atoms with Crippen LogP contribution in [0, 0.1) is 6.92 Å². The van der Waals surface area contributed by atoms with E-state index >= 15 is 0 Å². The number of aromatic nitrogens is 1. The molecule has 2 aromatic heterocycles. The zero-order valence-electron chi connectivity index (χ0n) is 11.5. The number of nitrogens with one attached hydrogen (secondary N) is 1. The first kappa shape index (κ1) is 13.3. The molecule has 1 aliphatic carbocycles. The van der Waals surface area contributed by atoms with Crippen LogP contribution in [0.4, 0.5) is 0 Å². The van der Waals surface area contributed by atoms with Crippen LogP contribution in [-0.4, -0.2) is 4.98 Å². The van der Waals surface area contributed by atoms with Crippen molar-refractivity contribution in [3.63, 3.8) is 0 Å². The first-order valence-electron chi connectivity index (χ1n) is 6.98. The van der Waals surface area contributed by atoms with Gasteiger partial charge in [-0.05, 0) is 51.2 Å². The minimum absolute atomic E-state index is 0.430. The third-order valence-electron chi connectivity index (χ3n) is 3.67. The summed E-state index contributed by atoms with van der Waals surface area (Å²) in [5.41, 5.74) is 2.73. The lowest BCUT2D eigenvalue weighted by molar-refractivity contribution is 0.580. The lowest BCUT2D eigenvalue weighted by Crippen LogP contribution is -2.17. The third kappa shape index (κ3) is 3.07. The van der Waals surface area contributed by atoms with Crippen LogP contribution in [0.25, 0.3) is 0 Å². The van der Waals surface area contributed by atoms with Crippen molar-refractivity contribution in [1.29, 1.82) is 0 Å². The van der Waals surface area contributed by atoms with Gasteiger partial charge in [0.15, 0.2) is 0 Å². The molecule has 0 aromatic carbocycles. The first-order chi connectivity index (χ1) is 9.22. The molecule has 0 amide bonds. The van der Waals surface area contributed by atoms with Crippen molar-refractivity contribution in [3.8, 4) is 0 Å². The monoisotopic (exact) mass is 292 g/mol. The molecule has 1 aliphatic rings. The molecule has 102 valence electrons. The zero-order chi connectivity index (χ0) is 13.2. The van der Waals surface area contributed by atoms with Crippen LogP contribution in [-0.2, 0) is 19.4 Å². The summed E-state index contributed by atoms with van der Waals surface area (Å²) in [5, 5.41) is 6.90. The normalized spacial score (nSPS) is 16.3. The molecule has 0 saturated carbocycles. The Morgan fingerprint density at radius 3 is 2.95 bits per heavy atom. The highest BCUT2D eigenvalue weighted by Crippen LogP contribution is 2.32. The van der Waals surface area contributed by atoms with Crippen LogP contribution in [0.3, 0.4) is 0 Å². The summed E-state index contributed by atoms with van der Waals surface area (Å²) < 4.78 is 0. The van der Waals surface area contributed by atoms with Gasteiger partial charge in [-0.1, -0.05) is 0 Å². The van der Waals surface area contributed by atoms with Crippen molar-refractivity contribution in [2.24, 2.45) is 0 Å². The fraction of sp³-hybridized carbons (Fsp3) is 0.533. The molecular weight excluding hydrogens is 272 g/mol. The van der Waals surface area contributed by atoms with E-state index in [1.54, 1.807) is 21.8 Å². The second-order valence-corrected chi connectivity index (χ2v) is 7.40. The van der Waals surface area contributed by atoms with Gasteiger partial charge in [-0.15, -0.1) is 22.7 Å². The topological polar surface area (TPSA) is 24.9 Å². The van der Waals surface area contributed by atoms with Gasteiger partial charge >= 0.3 is 0 Å². The molecule has 2 heterocycles. The second kappa shape index (κ2) is 5.73. The number of thiazole rings is 1. The van der Waals surface area contributed by atoms with Gasteiger partial charge in [-0.3, -0.25) is 0 Å². The predicted octanol–water partition coefficient (Wildman–Crippen LogP) is 4.24. The Bertz CT molecular complexity index is 533. The van der Waals surface area contributed by atoms with E-state index in [4.69, 9.17) is 0 Å². The van der Waals surface area contributed by atoms with Crippen LogP contribution < -0.4 is 5.32 Å². The molecule has 0 saturated heterocycles. The predicted molar refractivity (Wildman–Crippen MR) is 83.1 cm³/mol. The molecule has 1 atom stereocenters. The van der Waals surface area contributed by atoms with Gasteiger partial charge in [0.2, 0.25) is 0 Å². The van der Waals surface area contributed by atoms with Crippen LogP contribution in [0.15, 0.2) is 11.4 Å². The van der Waals surface area contributed by atoms with Crippen molar-refractivity contribution in [1.82, 2.24) is 10.3 Å². The second-order valence-electron chi connectivity index (χ2n) is 5.29. The molecule has 0 fully saturated rings. The van der Waals surface area contributed by atoms with E-state index in [2.05, 4.69) is 35.6 Å². The number of thiophene rings is 1. The molecule has 0 spiro atoms. The van der Waals surface area contributed by atoms with E-state index in [1.807, 2.05) is 11.3 Å². The molecular formula is C15H20N2S2. The SMILES string of the molecule is Cc1csc(CNC(C)c2cc3c(s2)CCCC3)n1. The Morgan fingerprint density at radius 1 is 1.37 bits per heavy atom. The van der Waals surface area contributed by atoms with Gasteiger partial charge in [-0.2, -0.15) is 0 Å². The summed E-state index contributed by atoms with van der Waals surface area (Å²) in [6.45, 7) is 5.19. The van der Waals surface area contributed by atoms with Gasteiger partial charge in [0.1, 0.15) is 5.01 Å². The van der Waals surface area contributed by atoms with Crippen LogP contribution in [0.5, 0.6) is 0 Å². The van der Waals surface area contributed by atoms with Crippen LogP contribution >= 0.6 is 22.7 Å². The van der Waals surface area contributed by atoms with Crippen LogP contribution in [0.1, 0.15) is 51.8 Å². The van der Waals surface area contributed by atoms with Gasteiger partial charge in [0.05, 0.1) is 0 Å². The van der Waals surface area contributed by atoms with E-state index < -0.39 is 0 Å². The summed E-state index contributed by atoms with van der Waals surface area (Å²) >= 11 is 3.75. The molecule has 0 aliphatic heterocycles. The summed E-state index contributed by atoms with van der Waals surface area (Å²) in [7, 11) is 0. The van der Waals surface area contributed by atoms with Gasteiger partial charge < -0.3 is 5.32 Å². The molecule has 1 N–H and O–H groups in total. The van der Waals surface area contributed by atoms with E-state index in [0.29, 0.717) is 6.04 Å². The highest BCUT2D eigenvalue weighted by Gasteiger charge is 2.16. The Balaban J connectivity index is 1.63. The van der Waals surface area contributed by atoms with Crippen molar-refractivity contribution in [2.75, 3.05) is 0 Å². The fourth-order valence-electron chi connectivity index (χ4n) is 2.55. The van der Waals surface area contributed by atoms with E-state index in [9.17, 15) is 0 Å². The summed E-state index contributed by atoms with van der Waals surface area (Å²) in [6, 6.07) is 2.85. The molecule has 1 unspecified atom stereocenters. The number of hydrogen-bond acceptors (Lipinski definition) is 4. The van der Waals surface area contributed by atoms with Gasteiger partial charge in [0.25, 0.3) is 0 Å². The Hall–Kier alpha value is -0.710. The first-order valence-corrected chi connectivity index (χ1v) is 8.68. The Labute approximate surface area is 122 Å². The molecule has 4 heteroatoms. The number of aryl methyl sites for hydroxylation is 3. The quantitative estimate of drug-likeness (QED) is 0.911. The van der Waals surface area contributed by atoms with E-state index in [-0.39, 0.29) is 0 Å². The molecule has 0 bridgehead atoms. The third-order valence-corrected chi connectivity index (χ3v) is 6.05. The molecule has 0 radical (unpaired) electrons. The minimum atomic E-state index is 0.430. The highest BCUT2D eigenvalue weighted by molar-refractivity contribution is 7.12. The Morgan fingerprint density at radius 2 is 2.21 bits per heavy atom. The van der Waals surface area contributed by atoms with Gasteiger partial charge in [0, 0.05) is 33.4 Å². The lowest BCUT2D eigenvalue weighted by atomic mass is 9.99. The molecule has 19 heavy (non-hydrogen) atoms. The van der Waals surface area contributed by atoms with Crippen molar-refractivity contribution in [2.45, 2.75) is 52.1 Å². The van der Waals surface area contributed by atoms with E-state index in [0.717, 1.165) is 12.2 Å². The number of nitrogens with zero attached hydrogens (tertiary/aromatic N) is 1. The maximum Gasteiger partial charge on any atom is 0.107 e.